The lowest BCUT2D eigenvalue weighted by atomic mass is 10.0. The van der Waals surface area contributed by atoms with E-state index in [4.69, 9.17) is 27.7 Å². The summed E-state index contributed by atoms with van der Waals surface area (Å²) in [7, 11) is 0. The lowest BCUT2D eigenvalue weighted by Gasteiger charge is -2.07. The molecular formula is C17H14Cl2N2O2. The van der Waals surface area contributed by atoms with Crippen LogP contribution < -0.4 is 5.32 Å². The first kappa shape index (κ1) is 15.8. The van der Waals surface area contributed by atoms with Gasteiger partial charge in [-0.15, -0.1) is 0 Å². The summed E-state index contributed by atoms with van der Waals surface area (Å²) in [5.41, 5.74) is 3.89. The molecule has 6 heteroatoms. The number of hydrogen-bond donors (Lipinski definition) is 1. The normalized spacial score (nSPS) is 11.0. The lowest BCUT2D eigenvalue weighted by Crippen LogP contribution is -2.15. The van der Waals surface area contributed by atoms with Crippen molar-refractivity contribution in [3.8, 4) is 0 Å². The molecule has 23 heavy (non-hydrogen) atoms. The molecule has 0 saturated carbocycles. The predicted octanol–water partition coefficient (Wildman–Crippen LogP) is 4.93. The average molecular weight is 349 g/mol. The van der Waals surface area contributed by atoms with Crippen molar-refractivity contribution in [1.82, 2.24) is 5.16 Å². The van der Waals surface area contributed by atoms with Crippen molar-refractivity contribution in [3.63, 3.8) is 0 Å². The molecule has 1 amide bonds. The van der Waals surface area contributed by atoms with E-state index in [9.17, 15) is 4.79 Å². The molecule has 1 N–H and O–H groups in total. The molecule has 0 spiro atoms. The third-order valence-electron chi connectivity index (χ3n) is 3.54. The summed E-state index contributed by atoms with van der Waals surface area (Å²) in [5.74, 6) is -0.232. The van der Waals surface area contributed by atoms with Crippen molar-refractivity contribution in [2.24, 2.45) is 0 Å². The SMILES string of the molecule is Cc1cc(C)c2c(CC(=O)Nc3cccc(Cl)c3Cl)noc2c1. The molecule has 0 unspecified atom stereocenters. The Morgan fingerprint density at radius 1 is 1.26 bits per heavy atom. The minimum absolute atomic E-state index is 0.0970. The zero-order valence-electron chi connectivity index (χ0n) is 12.6. The number of nitrogens with zero attached hydrogens (tertiary/aromatic N) is 1. The van der Waals surface area contributed by atoms with Gasteiger partial charge in [-0.25, -0.2) is 0 Å². The van der Waals surface area contributed by atoms with Gasteiger partial charge in [0.2, 0.25) is 5.91 Å². The molecule has 0 aliphatic carbocycles. The number of halogens is 2. The molecule has 118 valence electrons. The maximum atomic E-state index is 12.3. The van der Waals surface area contributed by atoms with Crippen LogP contribution in [0.15, 0.2) is 34.9 Å². The van der Waals surface area contributed by atoms with Gasteiger partial charge in [0.15, 0.2) is 5.58 Å². The fourth-order valence-electron chi connectivity index (χ4n) is 2.59. The molecule has 0 radical (unpaired) electrons. The summed E-state index contributed by atoms with van der Waals surface area (Å²) in [5, 5.41) is 8.36. The van der Waals surface area contributed by atoms with Crippen LogP contribution in [0.1, 0.15) is 16.8 Å². The van der Waals surface area contributed by atoms with E-state index >= 15 is 0 Å². The van der Waals surface area contributed by atoms with E-state index in [-0.39, 0.29) is 12.3 Å². The molecule has 3 rings (SSSR count). The molecule has 1 aromatic heterocycles. The Hall–Kier alpha value is -2.04. The van der Waals surface area contributed by atoms with Crippen LogP contribution >= 0.6 is 23.2 Å². The molecule has 1 heterocycles. The zero-order valence-corrected chi connectivity index (χ0v) is 14.1. The van der Waals surface area contributed by atoms with E-state index < -0.39 is 0 Å². The van der Waals surface area contributed by atoms with Gasteiger partial charge in [0.05, 0.1) is 22.2 Å². The molecule has 0 fully saturated rings. The largest absolute Gasteiger partial charge is 0.356 e. The number of carbonyl (C=O) groups is 1. The molecule has 0 saturated heterocycles. The Bertz CT molecular complexity index is 903. The van der Waals surface area contributed by atoms with Crippen molar-refractivity contribution in [1.29, 1.82) is 0 Å². The Balaban J connectivity index is 1.85. The molecule has 0 aliphatic heterocycles. The summed E-state index contributed by atoms with van der Waals surface area (Å²) >= 11 is 12.0. The van der Waals surface area contributed by atoms with E-state index in [0.29, 0.717) is 27.0 Å². The maximum absolute atomic E-state index is 12.3. The van der Waals surface area contributed by atoms with Crippen molar-refractivity contribution < 1.29 is 9.32 Å². The molecule has 4 nitrogen and oxygen atoms in total. The average Bonchev–Trinajstić information content (AvgIpc) is 2.86. The minimum Gasteiger partial charge on any atom is -0.356 e. The Labute approximate surface area is 143 Å². The summed E-state index contributed by atoms with van der Waals surface area (Å²) in [6, 6.07) is 9.03. The van der Waals surface area contributed by atoms with Gasteiger partial charge in [-0.1, -0.05) is 40.5 Å². The number of aromatic nitrogens is 1. The summed E-state index contributed by atoms with van der Waals surface area (Å²) in [6.45, 7) is 3.96. The molecular weight excluding hydrogens is 335 g/mol. The first-order chi connectivity index (χ1) is 11.0. The van der Waals surface area contributed by atoms with Gasteiger partial charge in [0.25, 0.3) is 0 Å². The standard InChI is InChI=1S/C17H14Cl2N2O2/c1-9-6-10(2)16-13(21-23-14(16)7-9)8-15(22)20-12-5-3-4-11(18)17(12)19/h3-7H,8H2,1-2H3,(H,20,22). The molecule has 0 atom stereocenters. The highest BCUT2D eigenvalue weighted by molar-refractivity contribution is 6.44. The molecule has 3 aromatic rings. The van der Waals surface area contributed by atoms with Crippen LogP contribution in [0, 0.1) is 13.8 Å². The quantitative estimate of drug-likeness (QED) is 0.729. The Kier molecular flexibility index (Phi) is 4.28. The first-order valence-electron chi connectivity index (χ1n) is 7.05. The third-order valence-corrected chi connectivity index (χ3v) is 4.36. The van der Waals surface area contributed by atoms with Gasteiger partial charge in [0, 0.05) is 5.39 Å². The topological polar surface area (TPSA) is 55.1 Å². The smallest absolute Gasteiger partial charge is 0.230 e. The van der Waals surface area contributed by atoms with Crippen LogP contribution in [-0.2, 0) is 11.2 Å². The number of fused-ring (bicyclic) bond motifs is 1. The number of amides is 1. The zero-order chi connectivity index (χ0) is 16.6. The Morgan fingerprint density at radius 2 is 2.04 bits per heavy atom. The highest BCUT2D eigenvalue weighted by Gasteiger charge is 2.16. The number of anilines is 1. The highest BCUT2D eigenvalue weighted by Crippen LogP contribution is 2.30. The fraction of sp³-hybridized carbons (Fsp3) is 0.176. The number of hydrogen-bond acceptors (Lipinski definition) is 3. The van der Waals surface area contributed by atoms with Gasteiger partial charge in [-0.2, -0.15) is 0 Å². The summed E-state index contributed by atoms with van der Waals surface area (Å²) in [6.07, 6.45) is 0.0970. The van der Waals surface area contributed by atoms with Crippen LogP contribution in [0.4, 0.5) is 5.69 Å². The number of rotatable bonds is 3. The fourth-order valence-corrected chi connectivity index (χ4v) is 2.94. The van der Waals surface area contributed by atoms with E-state index in [1.54, 1.807) is 18.2 Å². The van der Waals surface area contributed by atoms with Crippen LogP contribution in [0.25, 0.3) is 11.0 Å². The second kappa shape index (κ2) is 6.22. The van der Waals surface area contributed by atoms with Crippen LogP contribution in [0.3, 0.4) is 0 Å². The van der Waals surface area contributed by atoms with Crippen molar-refractivity contribution in [2.75, 3.05) is 5.32 Å². The van der Waals surface area contributed by atoms with Gasteiger partial charge in [-0.3, -0.25) is 4.79 Å². The molecule has 0 aliphatic rings. The van der Waals surface area contributed by atoms with E-state index in [0.717, 1.165) is 16.5 Å². The first-order valence-corrected chi connectivity index (χ1v) is 7.80. The molecule has 0 bridgehead atoms. The monoisotopic (exact) mass is 348 g/mol. The van der Waals surface area contributed by atoms with Crippen molar-refractivity contribution in [2.45, 2.75) is 20.3 Å². The van der Waals surface area contributed by atoms with E-state index in [1.165, 1.54) is 0 Å². The van der Waals surface area contributed by atoms with Crippen molar-refractivity contribution in [3.05, 3.63) is 57.2 Å². The minimum atomic E-state index is -0.232. The highest BCUT2D eigenvalue weighted by atomic mass is 35.5. The molecule has 2 aromatic carbocycles. The number of benzene rings is 2. The predicted molar refractivity (Wildman–Crippen MR) is 92.3 cm³/mol. The van der Waals surface area contributed by atoms with E-state index in [1.807, 2.05) is 26.0 Å². The van der Waals surface area contributed by atoms with Crippen LogP contribution in [-0.4, -0.2) is 11.1 Å². The van der Waals surface area contributed by atoms with Gasteiger partial charge < -0.3 is 9.84 Å². The lowest BCUT2D eigenvalue weighted by molar-refractivity contribution is -0.115. The number of nitrogens with one attached hydrogen (secondary N) is 1. The Morgan fingerprint density at radius 3 is 2.83 bits per heavy atom. The number of carbonyl (C=O) groups excluding carboxylic acids is 1. The van der Waals surface area contributed by atoms with Gasteiger partial charge in [-0.05, 0) is 43.2 Å². The van der Waals surface area contributed by atoms with Gasteiger partial charge in [0.1, 0.15) is 5.69 Å². The van der Waals surface area contributed by atoms with Crippen molar-refractivity contribution >= 4 is 45.8 Å². The summed E-state index contributed by atoms with van der Waals surface area (Å²) in [4.78, 5) is 12.3. The number of aryl methyl sites for hydroxylation is 2. The van der Waals surface area contributed by atoms with Crippen LogP contribution in [0.2, 0.25) is 10.0 Å². The third kappa shape index (κ3) is 3.19. The second-order valence-corrected chi connectivity index (χ2v) is 6.20. The van der Waals surface area contributed by atoms with Gasteiger partial charge >= 0.3 is 0 Å². The van der Waals surface area contributed by atoms with E-state index in [2.05, 4.69) is 10.5 Å². The summed E-state index contributed by atoms with van der Waals surface area (Å²) < 4.78 is 5.33. The maximum Gasteiger partial charge on any atom is 0.230 e. The second-order valence-electron chi connectivity index (χ2n) is 5.41. The van der Waals surface area contributed by atoms with Crippen LogP contribution in [0.5, 0.6) is 0 Å².